The lowest BCUT2D eigenvalue weighted by molar-refractivity contribution is 0.262. The number of aryl methyl sites for hydroxylation is 1. The molecule has 1 N–H and O–H groups in total. The SMILES string of the molecule is Cc1nc(N2CCCCC2CCO)c2c(-c3ccc(F)cc3)csc2n1. The Hall–Kier alpha value is -2.05. The van der Waals surface area contributed by atoms with Crippen molar-refractivity contribution in [3.05, 3.63) is 41.3 Å². The van der Waals surface area contributed by atoms with Gasteiger partial charge in [0.25, 0.3) is 0 Å². The van der Waals surface area contributed by atoms with Crippen molar-refractivity contribution in [3.8, 4) is 11.1 Å². The number of nitrogens with zero attached hydrogens (tertiary/aromatic N) is 3. The summed E-state index contributed by atoms with van der Waals surface area (Å²) in [5.41, 5.74) is 2.02. The molecule has 2 aromatic heterocycles. The Balaban J connectivity index is 1.87. The Labute approximate surface area is 156 Å². The largest absolute Gasteiger partial charge is 0.396 e. The predicted octanol–water partition coefficient (Wildman–Crippen LogP) is 4.55. The molecule has 26 heavy (non-hydrogen) atoms. The molecule has 136 valence electrons. The van der Waals surface area contributed by atoms with Crippen LogP contribution >= 0.6 is 11.3 Å². The number of halogens is 1. The van der Waals surface area contributed by atoms with E-state index in [1.807, 2.05) is 19.1 Å². The van der Waals surface area contributed by atoms with Gasteiger partial charge < -0.3 is 10.0 Å². The van der Waals surface area contributed by atoms with Crippen LogP contribution in [-0.2, 0) is 0 Å². The summed E-state index contributed by atoms with van der Waals surface area (Å²) in [5.74, 6) is 1.47. The van der Waals surface area contributed by atoms with Crippen molar-refractivity contribution in [1.29, 1.82) is 0 Å². The molecule has 6 heteroatoms. The fourth-order valence-corrected chi connectivity index (χ4v) is 4.79. The fraction of sp³-hybridized carbons (Fsp3) is 0.400. The van der Waals surface area contributed by atoms with Gasteiger partial charge >= 0.3 is 0 Å². The molecule has 1 unspecified atom stereocenters. The molecule has 0 radical (unpaired) electrons. The third-order valence-electron chi connectivity index (χ3n) is 5.04. The number of anilines is 1. The molecular weight excluding hydrogens is 349 g/mol. The maximum atomic E-state index is 13.3. The van der Waals surface area contributed by atoms with E-state index in [2.05, 4.69) is 15.3 Å². The first kappa shape index (κ1) is 17.4. The number of piperidine rings is 1. The summed E-state index contributed by atoms with van der Waals surface area (Å²) in [7, 11) is 0. The van der Waals surface area contributed by atoms with Crippen LogP contribution < -0.4 is 4.90 Å². The third-order valence-corrected chi connectivity index (χ3v) is 5.92. The number of aliphatic hydroxyl groups excluding tert-OH is 1. The number of aromatic nitrogens is 2. The molecule has 1 atom stereocenters. The third kappa shape index (κ3) is 3.19. The van der Waals surface area contributed by atoms with Gasteiger partial charge in [-0.05, 0) is 50.3 Å². The van der Waals surface area contributed by atoms with Crippen molar-refractivity contribution in [3.63, 3.8) is 0 Å². The second-order valence-electron chi connectivity index (χ2n) is 6.79. The number of hydrogen-bond donors (Lipinski definition) is 1. The van der Waals surface area contributed by atoms with E-state index in [9.17, 15) is 9.50 Å². The molecule has 0 amide bonds. The van der Waals surface area contributed by atoms with Crippen LogP contribution in [0.3, 0.4) is 0 Å². The first-order valence-corrected chi connectivity index (χ1v) is 9.94. The van der Waals surface area contributed by atoms with Crippen LogP contribution in [0.2, 0.25) is 0 Å². The van der Waals surface area contributed by atoms with Gasteiger partial charge in [0.1, 0.15) is 22.3 Å². The molecule has 4 nitrogen and oxygen atoms in total. The minimum absolute atomic E-state index is 0.183. The maximum Gasteiger partial charge on any atom is 0.141 e. The van der Waals surface area contributed by atoms with E-state index in [4.69, 9.17) is 4.98 Å². The smallest absolute Gasteiger partial charge is 0.141 e. The molecule has 1 saturated heterocycles. The van der Waals surface area contributed by atoms with Gasteiger partial charge in [0, 0.05) is 30.1 Å². The highest BCUT2D eigenvalue weighted by Gasteiger charge is 2.27. The lowest BCUT2D eigenvalue weighted by Crippen LogP contribution is -2.41. The molecule has 0 saturated carbocycles. The standard InChI is InChI=1S/C20H22FN3OS/c1-13-22-19(24-10-3-2-4-16(24)9-11-25)18-17(12-26-20(18)23-13)14-5-7-15(21)8-6-14/h5-8,12,16,25H,2-4,9-11H2,1H3. The van der Waals surface area contributed by atoms with Gasteiger partial charge in [0.05, 0.1) is 5.39 Å². The summed E-state index contributed by atoms with van der Waals surface area (Å²) in [6.07, 6.45) is 4.13. The lowest BCUT2D eigenvalue weighted by Gasteiger charge is -2.37. The first-order chi connectivity index (χ1) is 12.7. The number of aliphatic hydroxyl groups is 1. The fourth-order valence-electron chi connectivity index (χ4n) is 3.81. The quantitative estimate of drug-likeness (QED) is 0.731. The number of benzene rings is 1. The van der Waals surface area contributed by atoms with Crippen molar-refractivity contribution in [2.45, 2.75) is 38.6 Å². The van der Waals surface area contributed by atoms with Crippen LogP contribution in [0.5, 0.6) is 0 Å². The second-order valence-corrected chi connectivity index (χ2v) is 7.64. The minimum Gasteiger partial charge on any atom is -0.396 e. The summed E-state index contributed by atoms with van der Waals surface area (Å²) in [4.78, 5) is 12.7. The highest BCUT2D eigenvalue weighted by atomic mass is 32.1. The predicted molar refractivity (Wildman–Crippen MR) is 104 cm³/mol. The molecule has 4 rings (SSSR count). The van der Waals surface area contributed by atoms with Gasteiger partial charge in [-0.25, -0.2) is 14.4 Å². The van der Waals surface area contributed by atoms with Gasteiger partial charge in [-0.3, -0.25) is 0 Å². The number of fused-ring (bicyclic) bond motifs is 1. The Morgan fingerprint density at radius 1 is 1.23 bits per heavy atom. The molecule has 0 aliphatic carbocycles. The van der Waals surface area contributed by atoms with E-state index in [1.54, 1.807) is 11.3 Å². The van der Waals surface area contributed by atoms with E-state index in [0.29, 0.717) is 6.04 Å². The zero-order chi connectivity index (χ0) is 18.1. The molecule has 1 aliphatic rings. The van der Waals surface area contributed by atoms with Crippen molar-refractivity contribution in [1.82, 2.24) is 9.97 Å². The lowest BCUT2D eigenvalue weighted by atomic mass is 9.98. The highest BCUT2D eigenvalue weighted by Crippen LogP contribution is 2.40. The summed E-state index contributed by atoms with van der Waals surface area (Å²) in [5, 5.41) is 12.6. The van der Waals surface area contributed by atoms with E-state index in [1.165, 1.54) is 18.6 Å². The van der Waals surface area contributed by atoms with E-state index < -0.39 is 0 Å². The maximum absolute atomic E-state index is 13.3. The number of hydrogen-bond acceptors (Lipinski definition) is 5. The second kappa shape index (κ2) is 7.29. The van der Waals surface area contributed by atoms with Gasteiger partial charge in [0.15, 0.2) is 0 Å². The summed E-state index contributed by atoms with van der Waals surface area (Å²) in [6.45, 7) is 3.04. The Morgan fingerprint density at radius 3 is 2.81 bits per heavy atom. The number of rotatable bonds is 4. The minimum atomic E-state index is -0.236. The van der Waals surface area contributed by atoms with Gasteiger partial charge in [0.2, 0.25) is 0 Å². The topological polar surface area (TPSA) is 49.2 Å². The molecule has 1 fully saturated rings. The van der Waals surface area contributed by atoms with Crippen LogP contribution in [0.4, 0.5) is 10.2 Å². The Kier molecular flexibility index (Phi) is 4.87. The van der Waals surface area contributed by atoms with Crippen LogP contribution in [0.1, 0.15) is 31.5 Å². The highest BCUT2D eigenvalue weighted by molar-refractivity contribution is 7.17. The molecule has 1 aliphatic heterocycles. The monoisotopic (exact) mass is 371 g/mol. The average Bonchev–Trinajstić information content (AvgIpc) is 3.06. The van der Waals surface area contributed by atoms with Crippen LogP contribution in [0, 0.1) is 12.7 Å². The Bertz CT molecular complexity index is 907. The van der Waals surface area contributed by atoms with Crippen molar-refractivity contribution >= 4 is 27.4 Å². The average molecular weight is 371 g/mol. The summed E-state index contributed by atoms with van der Waals surface area (Å²) < 4.78 is 13.3. The van der Waals surface area contributed by atoms with Crippen molar-refractivity contribution < 1.29 is 9.50 Å². The molecule has 0 spiro atoms. The zero-order valence-corrected chi connectivity index (χ0v) is 15.6. The molecule has 3 aromatic rings. The molecule has 3 heterocycles. The summed E-state index contributed by atoms with van der Waals surface area (Å²) >= 11 is 1.60. The van der Waals surface area contributed by atoms with Crippen LogP contribution in [0.25, 0.3) is 21.3 Å². The summed E-state index contributed by atoms with van der Waals surface area (Å²) in [6, 6.07) is 6.89. The molecule has 1 aromatic carbocycles. The van der Waals surface area contributed by atoms with Gasteiger partial charge in [-0.2, -0.15) is 0 Å². The van der Waals surface area contributed by atoms with E-state index in [-0.39, 0.29) is 12.4 Å². The van der Waals surface area contributed by atoms with E-state index >= 15 is 0 Å². The van der Waals surface area contributed by atoms with Gasteiger partial charge in [-0.1, -0.05) is 12.1 Å². The Morgan fingerprint density at radius 2 is 2.04 bits per heavy atom. The normalized spacial score (nSPS) is 17.8. The van der Waals surface area contributed by atoms with Gasteiger partial charge in [-0.15, -0.1) is 11.3 Å². The van der Waals surface area contributed by atoms with E-state index in [0.717, 1.165) is 58.8 Å². The van der Waals surface area contributed by atoms with Crippen LogP contribution in [0.15, 0.2) is 29.6 Å². The zero-order valence-electron chi connectivity index (χ0n) is 14.8. The molecular formula is C20H22FN3OS. The molecule has 0 bridgehead atoms. The van der Waals surface area contributed by atoms with Crippen LogP contribution in [-0.4, -0.2) is 34.3 Å². The van der Waals surface area contributed by atoms with Crippen molar-refractivity contribution in [2.75, 3.05) is 18.1 Å². The first-order valence-electron chi connectivity index (χ1n) is 9.06. The van der Waals surface area contributed by atoms with Crippen molar-refractivity contribution in [2.24, 2.45) is 0 Å². The number of thiophene rings is 1.